The Hall–Kier alpha value is -3.14. The van der Waals surface area contributed by atoms with Gasteiger partial charge in [-0.15, -0.1) is 0 Å². The van der Waals surface area contributed by atoms with E-state index in [1.165, 1.54) is 10.1 Å². The maximum atomic E-state index is 12.4. The molecule has 1 heterocycles. The van der Waals surface area contributed by atoms with Gasteiger partial charge in [-0.3, -0.25) is 9.59 Å². The van der Waals surface area contributed by atoms with Gasteiger partial charge in [0.05, 0.1) is 6.54 Å². The van der Waals surface area contributed by atoms with Gasteiger partial charge in [-0.25, -0.2) is 0 Å². The highest BCUT2D eigenvalue weighted by Gasteiger charge is 2.09. The van der Waals surface area contributed by atoms with Gasteiger partial charge in [-0.2, -0.15) is 0 Å². The van der Waals surface area contributed by atoms with E-state index < -0.39 is 0 Å². The minimum atomic E-state index is -0.143. The topological polar surface area (TPSA) is 48.3 Å². The summed E-state index contributed by atoms with van der Waals surface area (Å²) in [6.45, 7) is 3.78. The molecule has 0 N–H and O–H groups in total. The summed E-state index contributed by atoms with van der Waals surface area (Å²) in [5.74, 6) is 1.29. The number of hydrogen-bond acceptors (Lipinski definition) is 3. The zero-order valence-electron chi connectivity index (χ0n) is 14.2. The van der Waals surface area contributed by atoms with Gasteiger partial charge in [-0.1, -0.05) is 23.8 Å². The monoisotopic (exact) mass is 333 g/mol. The SMILES string of the molecule is Cc1ccc(Oc2ccc(C(=O)Cn3cccc(C)c3=O)cc2)cc1. The van der Waals surface area contributed by atoms with E-state index in [9.17, 15) is 9.59 Å². The van der Waals surface area contributed by atoms with Crippen LogP contribution in [0.4, 0.5) is 0 Å². The van der Waals surface area contributed by atoms with E-state index in [2.05, 4.69) is 0 Å². The van der Waals surface area contributed by atoms with E-state index in [4.69, 9.17) is 4.74 Å². The first-order chi connectivity index (χ1) is 12.0. The predicted octanol–water partition coefficient (Wildman–Crippen LogP) is 4.14. The summed E-state index contributed by atoms with van der Waals surface area (Å²) in [6.07, 6.45) is 1.63. The summed E-state index contributed by atoms with van der Waals surface area (Å²) in [5.41, 5.74) is 2.19. The lowest BCUT2D eigenvalue weighted by atomic mass is 10.1. The standard InChI is InChI=1S/C21H19NO3/c1-15-5-9-18(10-6-15)25-19-11-7-17(8-12-19)20(23)14-22-13-3-4-16(2)21(22)24/h3-13H,14H2,1-2H3. The molecule has 126 valence electrons. The van der Waals surface area contributed by atoms with Gasteiger partial charge in [0.2, 0.25) is 0 Å². The molecule has 0 spiro atoms. The molecule has 0 fully saturated rings. The molecule has 0 unspecified atom stereocenters. The smallest absolute Gasteiger partial charge is 0.253 e. The average molecular weight is 333 g/mol. The number of carbonyl (C=O) groups excluding carboxylic acids is 1. The van der Waals surface area contributed by atoms with Crippen molar-refractivity contribution in [3.63, 3.8) is 0 Å². The normalized spacial score (nSPS) is 10.5. The molecule has 0 aliphatic rings. The molecule has 4 nitrogen and oxygen atoms in total. The van der Waals surface area contributed by atoms with Crippen LogP contribution in [0.15, 0.2) is 71.7 Å². The van der Waals surface area contributed by atoms with E-state index >= 15 is 0 Å². The maximum Gasteiger partial charge on any atom is 0.253 e. The van der Waals surface area contributed by atoms with Crippen LogP contribution in [0, 0.1) is 13.8 Å². The molecule has 0 aliphatic heterocycles. The second-order valence-corrected chi connectivity index (χ2v) is 5.99. The van der Waals surface area contributed by atoms with E-state index in [1.807, 2.05) is 31.2 Å². The van der Waals surface area contributed by atoms with Crippen molar-refractivity contribution in [1.29, 1.82) is 0 Å². The van der Waals surface area contributed by atoms with Gasteiger partial charge in [0, 0.05) is 17.3 Å². The number of Topliss-reactive ketones (excluding diaryl/α,β-unsaturated/α-hetero) is 1. The van der Waals surface area contributed by atoms with Crippen molar-refractivity contribution in [2.75, 3.05) is 0 Å². The van der Waals surface area contributed by atoms with Crippen molar-refractivity contribution in [3.05, 3.63) is 93.9 Å². The minimum Gasteiger partial charge on any atom is -0.457 e. The highest BCUT2D eigenvalue weighted by atomic mass is 16.5. The molecule has 0 saturated carbocycles. The molecule has 0 aliphatic carbocycles. The number of carbonyl (C=O) groups is 1. The zero-order valence-corrected chi connectivity index (χ0v) is 14.2. The van der Waals surface area contributed by atoms with Crippen molar-refractivity contribution in [2.45, 2.75) is 20.4 Å². The Bertz CT molecular complexity index is 938. The molecule has 0 amide bonds. The van der Waals surface area contributed by atoms with E-state index in [1.54, 1.807) is 49.5 Å². The fraction of sp³-hybridized carbons (Fsp3) is 0.143. The predicted molar refractivity (Wildman–Crippen MR) is 97.5 cm³/mol. The Morgan fingerprint density at radius 2 is 1.52 bits per heavy atom. The van der Waals surface area contributed by atoms with Crippen molar-refractivity contribution >= 4 is 5.78 Å². The summed E-state index contributed by atoms with van der Waals surface area (Å²) in [5, 5.41) is 0. The molecular weight excluding hydrogens is 314 g/mol. The first-order valence-corrected chi connectivity index (χ1v) is 8.07. The Morgan fingerprint density at radius 1 is 0.920 bits per heavy atom. The van der Waals surface area contributed by atoms with Gasteiger partial charge in [-0.05, 0) is 56.3 Å². The average Bonchev–Trinajstić information content (AvgIpc) is 2.61. The van der Waals surface area contributed by atoms with Crippen LogP contribution in [0.1, 0.15) is 21.5 Å². The third kappa shape index (κ3) is 4.04. The van der Waals surface area contributed by atoms with Crippen molar-refractivity contribution in [2.24, 2.45) is 0 Å². The quantitative estimate of drug-likeness (QED) is 0.659. The van der Waals surface area contributed by atoms with Crippen LogP contribution in [0.2, 0.25) is 0 Å². The third-order valence-electron chi connectivity index (χ3n) is 3.96. The summed E-state index contributed by atoms with van der Waals surface area (Å²) in [6, 6.07) is 18.2. The number of rotatable bonds is 5. The molecular formula is C21H19NO3. The highest BCUT2D eigenvalue weighted by molar-refractivity contribution is 5.96. The van der Waals surface area contributed by atoms with Gasteiger partial charge in [0.15, 0.2) is 5.78 Å². The number of aryl methyl sites for hydroxylation is 2. The number of nitrogens with zero attached hydrogens (tertiary/aromatic N) is 1. The van der Waals surface area contributed by atoms with Gasteiger partial charge in [0.25, 0.3) is 5.56 Å². The number of hydrogen-bond donors (Lipinski definition) is 0. The summed E-state index contributed by atoms with van der Waals surface area (Å²) < 4.78 is 7.18. The van der Waals surface area contributed by atoms with Crippen LogP contribution >= 0.6 is 0 Å². The highest BCUT2D eigenvalue weighted by Crippen LogP contribution is 2.22. The first kappa shape index (κ1) is 16.7. The molecule has 3 rings (SSSR count). The van der Waals surface area contributed by atoms with Gasteiger partial charge < -0.3 is 9.30 Å². The van der Waals surface area contributed by atoms with E-state index in [0.29, 0.717) is 16.9 Å². The minimum absolute atomic E-state index is 0.0265. The fourth-order valence-electron chi connectivity index (χ4n) is 2.48. The van der Waals surface area contributed by atoms with Crippen molar-refractivity contribution in [3.8, 4) is 11.5 Å². The summed E-state index contributed by atoms with van der Waals surface area (Å²) in [7, 11) is 0. The number of aromatic nitrogens is 1. The third-order valence-corrected chi connectivity index (χ3v) is 3.96. The molecule has 3 aromatic rings. The molecule has 0 radical (unpaired) electrons. The Morgan fingerprint density at radius 3 is 2.16 bits per heavy atom. The van der Waals surface area contributed by atoms with Crippen LogP contribution < -0.4 is 10.3 Å². The Balaban J connectivity index is 1.71. The van der Waals surface area contributed by atoms with Crippen LogP contribution in [0.25, 0.3) is 0 Å². The number of pyridine rings is 1. The number of ketones is 1. The molecule has 2 aromatic carbocycles. The Kier molecular flexibility index (Phi) is 4.80. The molecule has 25 heavy (non-hydrogen) atoms. The summed E-state index contributed by atoms with van der Waals surface area (Å²) >= 11 is 0. The number of ether oxygens (including phenoxy) is 1. The lowest BCUT2D eigenvalue weighted by Crippen LogP contribution is -2.25. The molecule has 0 saturated heterocycles. The second-order valence-electron chi connectivity index (χ2n) is 5.99. The molecule has 4 heteroatoms. The van der Waals surface area contributed by atoms with Crippen LogP contribution in [0.3, 0.4) is 0 Å². The van der Waals surface area contributed by atoms with Gasteiger partial charge >= 0.3 is 0 Å². The second kappa shape index (κ2) is 7.18. The fourth-order valence-corrected chi connectivity index (χ4v) is 2.48. The maximum absolute atomic E-state index is 12.4. The Labute approximate surface area is 146 Å². The molecule has 0 atom stereocenters. The van der Waals surface area contributed by atoms with E-state index in [0.717, 1.165) is 5.75 Å². The van der Waals surface area contributed by atoms with Crippen LogP contribution in [-0.4, -0.2) is 10.4 Å². The van der Waals surface area contributed by atoms with E-state index in [-0.39, 0.29) is 17.9 Å². The molecule has 1 aromatic heterocycles. The largest absolute Gasteiger partial charge is 0.457 e. The van der Waals surface area contributed by atoms with Gasteiger partial charge in [0.1, 0.15) is 11.5 Å². The van der Waals surface area contributed by atoms with Crippen LogP contribution in [-0.2, 0) is 6.54 Å². The summed E-state index contributed by atoms with van der Waals surface area (Å²) in [4.78, 5) is 24.4. The lowest BCUT2D eigenvalue weighted by molar-refractivity contribution is 0.0971. The zero-order chi connectivity index (χ0) is 17.8. The lowest BCUT2D eigenvalue weighted by Gasteiger charge is -2.08. The first-order valence-electron chi connectivity index (χ1n) is 8.07. The van der Waals surface area contributed by atoms with Crippen LogP contribution in [0.5, 0.6) is 11.5 Å². The van der Waals surface area contributed by atoms with Crippen molar-refractivity contribution in [1.82, 2.24) is 4.57 Å². The molecule has 0 bridgehead atoms. The number of benzene rings is 2. The van der Waals surface area contributed by atoms with Crippen molar-refractivity contribution < 1.29 is 9.53 Å².